The molecule has 6 heteroatoms. The minimum absolute atomic E-state index is 0.0559. The van der Waals surface area contributed by atoms with Gasteiger partial charge in [0.25, 0.3) is 12.9 Å². The molecule has 180 valence electrons. The van der Waals surface area contributed by atoms with Crippen LogP contribution in [0.3, 0.4) is 0 Å². The predicted octanol–water partition coefficient (Wildman–Crippen LogP) is 3.50. The lowest BCUT2D eigenvalue weighted by atomic mass is 9.43. The Hall–Kier alpha value is -1.59. The van der Waals surface area contributed by atoms with Crippen molar-refractivity contribution in [2.75, 3.05) is 0 Å². The van der Waals surface area contributed by atoms with E-state index >= 15 is 0 Å². The fourth-order valence-electron chi connectivity index (χ4n) is 9.16. The maximum Gasteiger partial charge on any atom is 0.293 e. The molecule has 0 radical (unpaired) electrons. The van der Waals surface area contributed by atoms with Gasteiger partial charge in [0.05, 0.1) is 0 Å². The quantitative estimate of drug-likeness (QED) is 0.529. The first-order valence-electron chi connectivity index (χ1n) is 12.6. The number of carboxylic acid groups (broad SMARTS) is 1. The molecule has 0 aromatic carbocycles. The van der Waals surface area contributed by atoms with Gasteiger partial charge < -0.3 is 19.4 Å². The van der Waals surface area contributed by atoms with Crippen molar-refractivity contribution in [2.24, 2.45) is 46.3 Å². The number of carbonyl (C=O) groups excluding carboxylic acids is 3. The normalized spacial score (nSPS) is 46.2. The second-order valence-electron chi connectivity index (χ2n) is 11.6. The molecule has 0 spiro atoms. The number of hydrogen-bond donors (Lipinski definition) is 0. The van der Waals surface area contributed by atoms with Crippen LogP contribution in [0, 0.1) is 46.3 Å². The zero-order chi connectivity index (χ0) is 23.1. The monoisotopic (exact) mass is 447 g/mol. The van der Waals surface area contributed by atoms with E-state index in [1.54, 1.807) is 0 Å². The third-order valence-electron chi connectivity index (χ3n) is 10.7. The van der Waals surface area contributed by atoms with E-state index in [-0.39, 0.29) is 47.2 Å². The standard InChI is InChI=1S/C26H40O6/c1-16(7-10-23(29)30)18-8-9-19-24-20(13-22(32-15-28)26(18,19)3)25(2)11-5-4-6-17(25)12-21(24)31-14-27/h14-22,24H,4-13H2,1-3H3,(H,29,30)/p-1/t16-,17+,18?,19+,20+,21-,22+,24+,25+,26-/m1/s1. The van der Waals surface area contributed by atoms with Gasteiger partial charge in [-0.15, -0.1) is 0 Å². The van der Waals surface area contributed by atoms with Gasteiger partial charge >= 0.3 is 0 Å². The molecule has 0 bridgehead atoms. The lowest BCUT2D eigenvalue weighted by Crippen LogP contribution is -2.62. The Balaban J connectivity index is 1.70. The van der Waals surface area contributed by atoms with Gasteiger partial charge in [0, 0.05) is 17.3 Å². The van der Waals surface area contributed by atoms with Crippen LogP contribution in [0.4, 0.5) is 0 Å². The zero-order valence-electron chi connectivity index (χ0n) is 19.8. The van der Waals surface area contributed by atoms with E-state index in [0.717, 1.165) is 25.7 Å². The second-order valence-corrected chi connectivity index (χ2v) is 11.6. The first-order chi connectivity index (χ1) is 15.3. The molecular weight excluding hydrogens is 408 g/mol. The second kappa shape index (κ2) is 8.98. The Bertz CT molecular complexity index is 723. The van der Waals surface area contributed by atoms with Crippen LogP contribution in [0.25, 0.3) is 0 Å². The van der Waals surface area contributed by atoms with Crippen molar-refractivity contribution in [3.8, 4) is 0 Å². The SMILES string of the molecule is C[C@H](CCC(=O)[O-])C1CC[C@H]2[C@@H]3[C@H](OC=O)C[C@@H]4CCCC[C@]4(C)[C@H]3C[C@H](OC=O)[C@]12C. The first-order valence-corrected chi connectivity index (χ1v) is 12.6. The Kier molecular flexibility index (Phi) is 6.61. The molecule has 0 saturated heterocycles. The number of rotatable bonds is 8. The van der Waals surface area contributed by atoms with Crippen LogP contribution in [0.5, 0.6) is 0 Å². The van der Waals surface area contributed by atoms with Gasteiger partial charge in [-0.2, -0.15) is 0 Å². The van der Waals surface area contributed by atoms with E-state index in [4.69, 9.17) is 9.47 Å². The van der Waals surface area contributed by atoms with Gasteiger partial charge in [0.2, 0.25) is 0 Å². The third-order valence-corrected chi connectivity index (χ3v) is 10.7. The van der Waals surface area contributed by atoms with Crippen molar-refractivity contribution < 1.29 is 29.0 Å². The van der Waals surface area contributed by atoms with E-state index in [1.807, 2.05) is 0 Å². The maximum atomic E-state index is 11.6. The van der Waals surface area contributed by atoms with E-state index in [0.29, 0.717) is 37.1 Å². The summed E-state index contributed by atoms with van der Waals surface area (Å²) < 4.78 is 11.6. The highest BCUT2D eigenvalue weighted by molar-refractivity contribution is 5.64. The van der Waals surface area contributed by atoms with E-state index < -0.39 is 5.97 Å². The predicted molar refractivity (Wildman–Crippen MR) is 116 cm³/mol. The molecule has 4 aliphatic carbocycles. The topological polar surface area (TPSA) is 92.7 Å². The van der Waals surface area contributed by atoms with Crippen LogP contribution in [0.1, 0.15) is 85.0 Å². The van der Waals surface area contributed by atoms with E-state index in [1.165, 1.54) is 25.7 Å². The molecule has 0 aliphatic heterocycles. The molecule has 4 aliphatic rings. The molecule has 0 heterocycles. The first kappa shape index (κ1) is 23.6. The molecule has 4 rings (SSSR count). The van der Waals surface area contributed by atoms with Crippen molar-refractivity contribution in [3.05, 3.63) is 0 Å². The summed E-state index contributed by atoms with van der Waals surface area (Å²) in [6, 6.07) is 0. The van der Waals surface area contributed by atoms with Crippen LogP contribution in [-0.2, 0) is 23.9 Å². The van der Waals surface area contributed by atoms with Gasteiger partial charge in [-0.3, -0.25) is 9.59 Å². The Morgan fingerprint density at radius 1 is 1.06 bits per heavy atom. The summed E-state index contributed by atoms with van der Waals surface area (Å²) in [5, 5.41) is 11.1. The molecule has 6 nitrogen and oxygen atoms in total. The lowest BCUT2D eigenvalue weighted by molar-refractivity contribution is -0.306. The Labute approximate surface area is 191 Å². The number of ether oxygens (including phenoxy) is 2. The number of aliphatic carboxylic acids is 1. The fourth-order valence-corrected chi connectivity index (χ4v) is 9.16. The number of fused-ring (bicyclic) bond motifs is 5. The highest BCUT2D eigenvalue weighted by Gasteiger charge is 2.66. The molecule has 32 heavy (non-hydrogen) atoms. The minimum Gasteiger partial charge on any atom is -0.550 e. The molecule has 0 aromatic heterocycles. The van der Waals surface area contributed by atoms with E-state index in [2.05, 4.69) is 20.8 Å². The summed E-state index contributed by atoms with van der Waals surface area (Å²) in [6.45, 7) is 8.05. The largest absolute Gasteiger partial charge is 0.550 e. The average molecular weight is 448 g/mol. The Morgan fingerprint density at radius 3 is 2.50 bits per heavy atom. The van der Waals surface area contributed by atoms with Crippen LogP contribution >= 0.6 is 0 Å². The molecule has 1 unspecified atom stereocenters. The number of hydrogen-bond acceptors (Lipinski definition) is 6. The summed E-state index contributed by atoms with van der Waals surface area (Å²) in [4.78, 5) is 34.2. The van der Waals surface area contributed by atoms with Crippen molar-refractivity contribution in [3.63, 3.8) is 0 Å². The summed E-state index contributed by atoms with van der Waals surface area (Å²) in [5.74, 6) is 0.940. The number of carboxylic acids is 1. The molecule has 4 saturated carbocycles. The van der Waals surface area contributed by atoms with Crippen molar-refractivity contribution in [1.29, 1.82) is 0 Å². The molecule has 4 fully saturated rings. The summed E-state index contributed by atoms with van der Waals surface area (Å²) in [7, 11) is 0. The lowest BCUT2D eigenvalue weighted by Gasteiger charge is -2.63. The van der Waals surface area contributed by atoms with Gasteiger partial charge in [-0.25, -0.2) is 0 Å². The van der Waals surface area contributed by atoms with Gasteiger partial charge in [-0.05, 0) is 86.4 Å². The van der Waals surface area contributed by atoms with Crippen LogP contribution in [-0.4, -0.2) is 31.1 Å². The smallest absolute Gasteiger partial charge is 0.293 e. The van der Waals surface area contributed by atoms with Crippen molar-refractivity contribution >= 4 is 18.9 Å². The molecule has 0 N–H and O–H groups in total. The summed E-state index contributed by atoms with van der Waals surface area (Å²) in [5.41, 5.74) is -0.0497. The van der Waals surface area contributed by atoms with Gasteiger partial charge in [-0.1, -0.05) is 33.6 Å². The molecule has 0 amide bonds. The highest BCUT2D eigenvalue weighted by Crippen LogP contribution is 2.69. The van der Waals surface area contributed by atoms with Crippen molar-refractivity contribution in [1.82, 2.24) is 0 Å². The molecule has 10 atom stereocenters. The van der Waals surface area contributed by atoms with Crippen LogP contribution < -0.4 is 5.11 Å². The zero-order valence-corrected chi connectivity index (χ0v) is 19.8. The van der Waals surface area contributed by atoms with E-state index in [9.17, 15) is 19.5 Å². The molecule has 0 aromatic rings. The minimum atomic E-state index is -1.01. The summed E-state index contributed by atoms with van der Waals surface area (Å²) in [6.07, 6.45) is 8.97. The summed E-state index contributed by atoms with van der Waals surface area (Å²) >= 11 is 0. The van der Waals surface area contributed by atoms with Gasteiger partial charge in [0.15, 0.2) is 0 Å². The van der Waals surface area contributed by atoms with Crippen LogP contribution in [0.15, 0.2) is 0 Å². The highest BCUT2D eigenvalue weighted by atomic mass is 16.5. The van der Waals surface area contributed by atoms with Gasteiger partial charge in [0.1, 0.15) is 12.2 Å². The number of carbonyl (C=O) groups is 3. The Morgan fingerprint density at radius 2 is 1.81 bits per heavy atom. The fraction of sp³-hybridized carbons (Fsp3) is 0.885. The van der Waals surface area contributed by atoms with Crippen molar-refractivity contribution in [2.45, 2.75) is 97.2 Å². The third kappa shape index (κ3) is 3.66. The average Bonchev–Trinajstić information content (AvgIpc) is 3.11. The maximum absolute atomic E-state index is 11.6. The molecular formula is C26H39O6-. The van der Waals surface area contributed by atoms with Crippen LogP contribution in [0.2, 0.25) is 0 Å².